The van der Waals surface area contributed by atoms with Crippen molar-refractivity contribution in [2.75, 3.05) is 17.2 Å². The highest BCUT2D eigenvalue weighted by atomic mass is 32.1. The number of para-hydroxylation sites is 1. The first kappa shape index (κ1) is 19.3. The number of carbonyl (C=O) groups is 3. The molecule has 0 aliphatic rings. The van der Waals surface area contributed by atoms with Gasteiger partial charge in [-0.1, -0.05) is 30.3 Å². The highest BCUT2D eigenvalue weighted by molar-refractivity contribution is 7.11. The molecule has 0 atom stereocenters. The van der Waals surface area contributed by atoms with Crippen LogP contribution in [0.2, 0.25) is 0 Å². The minimum atomic E-state index is -0.560. The van der Waals surface area contributed by atoms with Crippen LogP contribution in [0.5, 0.6) is 0 Å². The van der Waals surface area contributed by atoms with Crippen molar-refractivity contribution in [3.63, 3.8) is 0 Å². The van der Waals surface area contributed by atoms with Gasteiger partial charge in [0, 0.05) is 5.69 Å². The van der Waals surface area contributed by atoms with Crippen molar-refractivity contribution in [3.8, 4) is 0 Å². The van der Waals surface area contributed by atoms with E-state index in [1.54, 1.807) is 47.8 Å². The Bertz CT molecular complexity index is 999. The van der Waals surface area contributed by atoms with Crippen LogP contribution in [0.25, 0.3) is 0 Å². The van der Waals surface area contributed by atoms with E-state index in [9.17, 15) is 14.4 Å². The van der Waals surface area contributed by atoms with E-state index in [0.29, 0.717) is 21.8 Å². The maximum atomic E-state index is 12.6. The standard InChI is InChI=1S/C21H18N2O4S/c1-14-6-4-7-15(12-14)22-20(25)16-8-2-3-9-17(16)23-19(24)13-27-21(26)18-10-5-11-28-18/h2-12H,13H2,1H3,(H,22,25)(H,23,24). The summed E-state index contributed by atoms with van der Waals surface area (Å²) in [5.74, 6) is -1.44. The van der Waals surface area contributed by atoms with Crippen molar-refractivity contribution in [2.45, 2.75) is 6.92 Å². The van der Waals surface area contributed by atoms with Gasteiger partial charge in [-0.25, -0.2) is 4.79 Å². The van der Waals surface area contributed by atoms with E-state index in [-0.39, 0.29) is 5.91 Å². The molecule has 0 aliphatic heterocycles. The molecule has 0 unspecified atom stereocenters. The number of esters is 1. The number of rotatable bonds is 6. The Balaban J connectivity index is 1.63. The lowest BCUT2D eigenvalue weighted by Crippen LogP contribution is -2.23. The number of ether oxygens (including phenoxy) is 1. The number of amides is 2. The number of hydrogen-bond acceptors (Lipinski definition) is 5. The van der Waals surface area contributed by atoms with Gasteiger partial charge in [0.25, 0.3) is 11.8 Å². The third-order valence-corrected chi connectivity index (χ3v) is 4.63. The average Bonchev–Trinajstić information content (AvgIpc) is 3.21. The summed E-state index contributed by atoms with van der Waals surface area (Å²) in [6.45, 7) is 1.49. The van der Waals surface area contributed by atoms with Gasteiger partial charge in [0.1, 0.15) is 4.88 Å². The fourth-order valence-electron chi connectivity index (χ4n) is 2.49. The molecule has 28 heavy (non-hydrogen) atoms. The van der Waals surface area contributed by atoms with Crippen molar-refractivity contribution in [1.82, 2.24) is 0 Å². The van der Waals surface area contributed by atoms with Crippen LogP contribution in [-0.4, -0.2) is 24.4 Å². The van der Waals surface area contributed by atoms with E-state index in [1.807, 2.05) is 25.1 Å². The minimum Gasteiger partial charge on any atom is -0.451 e. The second-order valence-corrected chi connectivity index (χ2v) is 6.92. The molecule has 0 aliphatic carbocycles. The van der Waals surface area contributed by atoms with Gasteiger partial charge in [-0.2, -0.15) is 0 Å². The SMILES string of the molecule is Cc1cccc(NC(=O)c2ccccc2NC(=O)COC(=O)c2cccs2)c1. The molecule has 0 saturated carbocycles. The number of aryl methyl sites for hydroxylation is 1. The molecule has 1 heterocycles. The molecule has 1 aromatic heterocycles. The fourth-order valence-corrected chi connectivity index (χ4v) is 3.11. The third kappa shape index (κ3) is 5.05. The Hall–Kier alpha value is -3.45. The lowest BCUT2D eigenvalue weighted by molar-refractivity contribution is -0.119. The Labute approximate surface area is 166 Å². The monoisotopic (exact) mass is 394 g/mol. The van der Waals surface area contributed by atoms with Crippen LogP contribution >= 0.6 is 11.3 Å². The number of thiophene rings is 1. The molecule has 2 N–H and O–H groups in total. The zero-order chi connectivity index (χ0) is 19.9. The van der Waals surface area contributed by atoms with Crippen LogP contribution < -0.4 is 10.6 Å². The highest BCUT2D eigenvalue weighted by Crippen LogP contribution is 2.18. The zero-order valence-electron chi connectivity index (χ0n) is 15.1. The summed E-state index contributed by atoms with van der Waals surface area (Å²) in [6, 6.07) is 17.4. The smallest absolute Gasteiger partial charge is 0.348 e. The molecular weight excluding hydrogens is 376 g/mol. The molecule has 2 aromatic carbocycles. The number of benzene rings is 2. The highest BCUT2D eigenvalue weighted by Gasteiger charge is 2.15. The molecule has 3 rings (SSSR count). The van der Waals surface area contributed by atoms with E-state index in [1.165, 1.54) is 11.3 Å². The van der Waals surface area contributed by atoms with E-state index >= 15 is 0 Å². The summed E-state index contributed by atoms with van der Waals surface area (Å²) in [5.41, 5.74) is 2.33. The van der Waals surface area contributed by atoms with Crippen LogP contribution in [0.4, 0.5) is 11.4 Å². The van der Waals surface area contributed by atoms with Crippen LogP contribution in [0, 0.1) is 6.92 Å². The van der Waals surface area contributed by atoms with Crippen LogP contribution in [0.3, 0.4) is 0 Å². The van der Waals surface area contributed by atoms with Crippen molar-refractivity contribution in [1.29, 1.82) is 0 Å². The van der Waals surface area contributed by atoms with Gasteiger partial charge in [-0.15, -0.1) is 11.3 Å². The predicted octanol–water partition coefficient (Wildman–Crippen LogP) is 4.10. The van der Waals surface area contributed by atoms with E-state index < -0.39 is 18.5 Å². The predicted molar refractivity (Wildman–Crippen MR) is 109 cm³/mol. The number of hydrogen-bond donors (Lipinski definition) is 2. The van der Waals surface area contributed by atoms with Crippen LogP contribution in [0.1, 0.15) is 25.6 Å². The third-order valence-electron chi connectivity index (χ3n) is 3.78. The van der Waals surface area contributed by atoms with Gasteiger partial charge in [0.05, 0.1) is 11.3 Å². The van der Waals surface area contributed by atoms with E-state index in [2.05, 4.69) is 10.6 Å². The summed E-state index contributed by atoms with van der Waals surface area (Å²) in [5, 5.41) is 7.17. The van der Waals surface area contributed by atoms with Crippen molar-refractivity contribution >= 4 is 40.5 Å². The van der Waals surface area contributed by atoms with Crippen LogP contribution in [0.15, 0.2) is 66.0 Å². The lowest BCUT2D eigenvalue weighted by atomic mass is 10.1. The Morgan fingerprint density at radius 3 is 2.54 bits per heavy atom. The van der Waals surface area contributed by atoms with Crippen molar-refractivity contribution in [3.05, 3.63) is 82.0 Å². The molecule has 0 bridgehead atoms. The number of carbonyl (C=O) groups excluding carboxylic acids is 3. The largest absolute Gasteiger partial charge is 0.451 e. The van der Waals surface area contributed by atoms with E-state index in [0.717, 1.165) is 5.56 Å². The topological polar surface area (TPSA) is 84.5 Å². The molecule has 7 heteroatoms. The molecule has 2 amide bonds. The average molecular weight is 394 g/mol. The second kappa shape index (κ2) is 8.96. The molecule has 3 aromatic rings. The molecular formula is C21H18N2O4S. The Morgan fingerprint density at radius 2 is 1.79 bits per heavy atom. The van der Waals surface area contributed by atoms with Gasteiger partial charge in [0.2, 0.25) is 0 Å². The number of anilines is 2. The minimum absolute atomic E-state index is 0.307. The quantitative estimate of drug-likeness (QED) is 0.617. The summed E-state index contributed by atoms with van der Waals surface area (Å²) in [7, 11) is 0. The van der Waals surface area contributed by atoms with Gasteiger partial charge >= 0.3 is 5.97 Å². The Morgan fingerprint density at radius 1 is 0.964 bits per heavy atom. The van der Waals surface area contributed by atoms with E-state index in [4.69, 9.17) is 4.74 Å². The fraction of sp³-hybridized carbons (Fsp3) is 0.0952. The van der Waals surface area contributed by atoms with Gasteiger partial charge in [-0.05, 0) is 48.2 Å². The summed E-state index contributed by atoms with van der Waals surface area (Å²) in [4.78, 5) is 37.0. The van der Waals surface area contributed by atoms with Gasteiger partial charge in [-0.3, -0.25) is 9.59 Å². The van der Waals surface area contributed by atoms with Gasteiger partial charge < -0.3 is 15.4 Å². The number of nitrogens with one attached hydrogen (secondary N) is 2. The summed E-state index contributed by atoms with van der Waals surface area (Å²) >= 11 is 1.24. The maximum Gasteiger partial charge on any atom is 0.348 e. The van der Waals surface area contributed by atoms with Crippen LogP contribution in [-0.2, 0) is 9.53 Å². The lowest BCUT2D eigenvalue weighted by Gasteiger charge is -2.12. The normalized spacial score (nSPS) is 10.2. The molecule has 0 fully saturated rings. The molecule has 6 nitrogen and oxygen atoms in total. The molecule has 142 valence electrons. The summed E-state index contributed by atoms with van der Waals surface area (Å²) < 4.78 is 4.99. The van der Waals surface area contributed by atoms with Gasteiger partial charge in [0.15, 0.2) is 6.61 Å². The molecule has 0 saturated heterocycles. The second-order valence-electron chi connectivity index (χ2n) is 5.97. The Kier molecular flexibility index (Phi) is 6.18. The molecule has 0 radical (unpaired) electrons. The van der Waals surface area contributed by atoms with Crippen molar-refractivity contribution < 1.29 is 19.1 Å². The first-order valence-electron chi connectivity index (χ1n) is 8.50. The zero-order valence-corrected chi connectivity index (χ0v) is 15.9. The van der Waals surface area contributed by atoms with Crippen molar-refractivity contribution in [2.24, 2.45) is 0 Å². The first-order valence-corrected chi connectivity index (χ1v) is 9.38. The first-order chi connectivity index (χ1) is 13.5. The summed E-state index contributed by atoms with van der Waals surface area (Å²) in [6.07, 6.45) is 0. The maximum absolute atomic E-state index is 12.6. The molecule has 0 spiro atoms.